The highest BCUT2D eigenvalue weighted by Gasteiger charge is 2.22. The van der Waals surface area contributed by atoms with Crippen molar-refractivity contribution < 1.29 is 14.3 Å². The molecule has 2 rings (SSSR count). The summed E-state index contributed by atoms with van der Waals surface area (Å²) in [5.74, 6) is 1.19. The molecule has 2 amide bonds. The molecule has 0 unspecified atom stereocenters. The van der Waals surface area contributed by atoms with Crippen LogP contribution in [0.15, 0.2) is 18.2 Å². The van der Waals surface area contributed by atoms with E-state index in [2.05, 4.69) is 35.4 Å². The van der Waals surface area contributed by atoms with Crippen LogP contribution in [0.4, 0.5) is 0 Å². The Labute approximate surface area is 169 Å². The molecule has 0 bridgehead atoms. The lowest BCUT2D eigenvalue weighted by Crippen LogP contribution is -2.48. The number of nitrogens with one attached hydrogen (secondary N) is 2. The summed E-state index contributed by atoms with van der Waals surface area (Å²) in [6, 6.07) is 6.31. The highest BCUT2D eigenvalue weighted by Crippen LogP contribution is 2.24. The summed E-state index contributed by atoms with van der Waals surface area (Å²) in [7, 11) is 0. The molecule has 0 radical (unpaired) electrons. The van der Waals surface area contributed by atoms with Crippen LogP contribution in [0, 0.1) is 6.92 Å². The van der Waals surface area contributed by atoms with Crippen molar-refractivity contribution in [1.82, 2.24) is 15.5 Å². The van der Waals surface area contributed by atoms with Crippen molar-refractivity contribution in [2.24, 2.45) is 0 Å². The van der Waals surface area contributed by atoms with Gasteiger partial charge in [0.15, 0.2) is 6.61 Å². The van der Waals surface area contributed by atoms with Crippen molar-refractivity contribution >= 4 is 11.8 Å². The summed E-state index contributed by atoms with van der Waals surface area (Å²) in [5.41, 5.74) is 2.24. The first-order chi connectivity index (χ1) is 13.4. The second kappa shape index (κ2) is 11.1. The molecule has 0 aromatic heterocycles. The van der Waals surface area contributed by atoms with Crippen LogP contribution < -0.4 is 15.4 Å². The molecule has 0 aliphatic carbocycles. The summed E-state index contributed by atoms with van der Waals surface area (Å²) in [4.78, 5) is 26.2. The first kappa shape index (κ1) is 22.2. The van der Waals surface area contributed by atoms with Crippen molar-refractivity contribution in [2.45, 2.75) is 58.9 Å². The molecule has 6 nitrogen and oxygen atoms in total. The van der Waals surface area contributed by atoms with Crippen LogP contribution in [0.3, 0.4) is 0 Å². The third-order valence-electron chi connectivity index (χ3n) is 5.13. The van der Waals surface area contributed by atoms with Crippen LogP contribution in [0.1, 0.15) is 57.1 Å². The largest absolute Gasteiger partial charge is 0.483 e. The van der Waals surface area contributed by atoms with Crippen molar-refractivity contribution in [3.05, 3.63) is 29.3 Å². The lowest BCUT2D eigenvalue weighted by Gasteiger charge is -2.31. The quantitative estimate of drug-likeness (QED) is 0.681. The van der Waals surface area contributed by atoms with Crippen LogP contribution in [0.5, 0.6) is 5.75 Å². The number of benzene rings is 1. The van der Waals surface area contributed by atoms with Crippen molar-refractivity contribution in [3.8, 4) is 5.75 Å². The fraction of sp³-hybridized carbons (Fsp3) is 0.636. The normalized spacial score (nSPS) is 15.5. The van der Waals surface area contributed by atoms with Crippen LogP contribution >= 0.6 is 0 Å². The lowest BCUT2D eigenvalue weighted by molar-refractivity contribution is -0.125. The van der Waals surface area contributed by atoms with Gasteiger partial charge in [0, 0.05) is 25.7 Å². The van der Waals surface area contributed by atoms with Crippen LogP contribution in [-0.2, 0) is 9.59 Å². The summed E-state index contributed by atoms with van der Waals surface area (Å²) >= 11 is 0. The number of nitrogens with zero attached hydrogens (tertiary/aromatic N) is 1. The maximum atomic E-state index is 12.3. The molecular weight excluding hydrogens is 354 g/mol. The Morgan fingerprint density at radius 1 is 1.21 bits per heavy atom. The zero-order valence-electron chi connectivity index (χ0n) is 17.7. The van der Waals surface area contributed by atoms with E-state index in [-0.39, 0.29) is 24.5 Å². The number of amides is 2. The van der Waals surface area contributed by atoms with Crippen LogP contribution in [0.25, 0.3) is 0 Å². The molecule has 1 fully saturated rings. The SMILES string of the molecule is CCCNC(=O)CN1CCC(NC(=O)COc2cc(C(C)C)ccc2C)CC1. The Morgan fingerprint density at radius 2 is 1.93 bits per heavy atom. The summed E-state index contributed by atoms with van der Waals surface area (Å²) in [5, 5.41) is 5.97. The van der Waals surface area contributed by atoms with Crippen molar-refractivity contribution in [2.75, 3.05) is 32.8 Å². The highest BCUT2D eigenvalue weighted by atomic mass is 16.5. The Kier molecular flexibility index (Phi) is 8.77. The number of carbonyl (C=O) groups is 2. The van der Waals surface area contributed by atoms with Gasteiger partial charge in [-0.3, -0.25) is 14.5 Å². The molecule has 6 heteroatoms. The van der Waals surface area contributed by atoms with E-state index in [0.29, 0.717) is 12.5 Å². The third-order valence-corrected chi connectivity index (χ3v) is 5.13. The molecule has 1 aromatic carbocycles. The van der Waals surface area contributed by atoms with E-state index in [0.717, 1.165) is 50.2 Å². The van der Waals surface area contributed by atoms with Gasteiger partial charge in [0.25, 0.3) is 5.91 Å². The standard InChI is InChI=1S/C22H35N3O3/c1-5-10-23-21(26)14-25-11-8-19(9-12-25)24-22(27)15-28-20-13-18(16(2)3)7-6-17(20)4/h6-7,13,16,19H,5,8-12,14-15H2,1-4H3,(H,23,26)(H,24,27). The van der Waals surface area contributed by atoms with Crippen LogP contribution in [-0.4, -0.2) is 55.5 Å². The number of rotatable bonds is 9. The second-order valence-corrected chi connectivity index (χ2v) is 7.94. The van der Waals surface area contributed by atoms with Gasteiger partial charge in [-0.2, -0.15) is 0 Å². The minimum atomic E-state index is -0.0894. The molecule has 0 spiro atoms. The minimum absolute atomic E-state index is 0.0298. The molecule has 0 saturated carbocycles. The molecule has 156 valence electrons. The lowest BCUT2D eigenvalue weighted by atomic mass is 10.0. The van der Waals surface area contributed by atoms with E-state index in [4.69, 9.17) is 4.74 Å². The van der Waals surface area contributed by atoms with E-state index in [1.165, 1.54) is 5.56 Å². The summed E-state index contributed by atoms with van der Waals surface area (Å²) in [6.07, 6.45) is 2.66. The average molecular weight is 390 g/mol. The van der Waals surface area contributed by atoms with E-state index in [1.54, 1.807) is 0 Å². The molecule has 1 aromatic rings. The number of aryl methyl sites for hydroxylation is 1. The minimum Gasteiger partial charge on any atom is -0.483 e. The predicted octanol–water partition coefficient (Wildman–Crippen LogP) is 2.60. The Bertz CT molecular complexity index is 652. The summed E-state index contributed by atoms with van der Waals surface area (Å²) < 4.78 is 5.77. The third kappa shape index (κ3) is 7.15. The molecule has 1 aliphatic heterocycles. The van der Waals surface area contributed by atoms with Crippen LogP contribution in [0.2, 0.25) is 0 Å². The summed E-state index contributed by atoms with van der Waals surface area (Å²) in [6.45, 7) is 11.1. The first-order valence-corrected chi connectivity index (χ1v) is 10.4. The zero-order valence-corrected chi connectivity index (χ0v) is 17.7. The van der Waals surface area contributed by atoms with E-state index >= 15 is 0 Å². The van der Waals surface area contributed by atoms with Gasteiger partial charge in [-0.05, 0) is 49.3 Å². The Hall–Kier alpha value is -2.08. The Balaban J connectivity index is 1.72. The van der Waals surface area contributed by atoms with E-state index in [1.807, 2.05) is 26.0 Å². The number of likely N-dealkylation sites (tertiary alicyclic amines) is 1. The average Bonchev–Trinajstić information content (AvgIpc) is 2.67. The van der Waals surface area contributed by atoms with Gasteiger partial charge in [-0.25, -0.2) is 0 Å². The van der Waals surface area contributed by atoms with Gasteiger partial charge in [0.1, 0.15) is 5.75 Å². The molecular formula is C22H35N3O3. The number of piperidine rings is 1. The van der Waals surface area contributed by atoms with Crippen molar-refractivity contribution in [1.29, 1.82) is 0 Å². The molecule has 2 N–H and O–H groups in total. The van der Waals surface area contributed by atoms with Gasteiger partial charge in [-0.15, -0.1) is 0 Å². The molecule has 1 aliphatic rings. The Morgan fingerprint density at radius 3 is 2.57 bits per heavy atom. The molecule has 1 saturated heterocycles. The number of carbonyl (C=O) groups excluding carboxylic acids is 2. The predicted molar refractivity (Wildman–Crippen MR) is 112 cm³/mol. The van der Waals surface area contributed by atoms with Gasteiger partial charge in [0.05, 0.1) is 6.54 Å². The molecule has 0 atom stereocenters. The smallest absolute Gasteiger partial charge is 0.258 e. The van der Waals surface area contributed by atoms with Gasteiger partial charge in [0.2, 0.25) is 5.91 Å². The van der Waals surface area contributed by atoms with E-state index in [9.17, 15) is 9.59 Å². The van der Waals surface area contributed by atoms with E-state index < -0.39 is 0 Å². The van der Waals surface area contributed by atoms with Gasteiger partial charge in [-0.1, -0.05) is 32.9 Å². The first-order valence-electron chi connectivity index (χ1n) is 10.4. The molecule has 28 heavy (non-hydrogen) atoms. The number of hydrogen-bond donors (Lipinski definition) is 2. The molecule has 1 heterocycles. The monoisotopic (exact) mass is 389 g/mol. The van der Waals surface area contributed by atoms with Gasteiger partial charge >= 0.3 is 0 Å². The second-order valence-electron chi connectivity index (χ2n) is 7.94. The number of ether oxygens (including phenoxy) is 1. The maximum absolute atomic E-state index is 12.3. The number of hydrogen-bond acceptors (Lipinski definition) is 4. The fourth-order valence-electron chi connectivity index (χ4n) is 3.30. The fourth-order valence-corrected chi connectivity index (χ4v) is 3.30. The topological polar surface area (TPSA) is 70.7 Å². The zero-order chi connectivity index (χ0) is 20.5. The van der Waals surface area contributed by atoms with Gasteiger partial charge < -0.3 is 15.4 Å². The highest BCUT2D eigenvalue weighted by molar-refractivity contribution is 5.78. The maximum Gasteiger partial charge on any atom is 0.258 e. The van der Waals surface area contributed by atoms with Crippen molar-refractivity contribution in [3.63, 3.8) is 0 Å².